The molecule has 6 heteroatoms. The van der Waals surface area contributed by atoms with Crippen LogP contribution >= 0.6 is 0 Å². The fraction of sp³-hybridized carbons (Fsp3) is 0.333. The highest BCUT2D eigenvalue weighted by Gasteiger charge is 2.12. The molecule has 1 aromatic carbocycles. The number of carbonyl (C=O) groups excluding carboxylic acids is 1. The molecule has 1 atom stereocenters. The quantitative estimate of drug-likeness (QED) is 0.737. The van der Waals surface area contributed by atoms with Gasteiger partial charge in [-0.2, -0.15) is 0 Å². The van der Waals surface area contributed by atoms with E-state index in [4.69, 9.17) is 5.11 Å². The number of carboxylic acid groups (broad SMARTS) is 1. The molecule has 0 saturated heterocycles. The minimum atomic E-state index is -1.09. The lowest BCUT2D eigenvalue weighted by Crippen LogP contribution is -2.44. The second-order valence-electron chi connectivity index (χ2n) is 3.84. The Morgan fingerprint density at radius 1 is 1.33 bits per heavy atom. The molecule has 0 heterocycles. The van der Waals surface area contributed by atoms with Crippen LogP contribution in [0, 0.1) is 5.82 Å². The maximum atomic E-state index is 12.6. The van der Waals surface area contributed by atoms with Crippen LogP contribution in [0.5, 0.6) is 0 Å². The zero-order valence-electron chi connectivity index (χ0n) is 9.94. The van der Waals surface area contributed by atoms with Crippen molar-refractivity contribution in [1.29, 1.82) is 0 Å². The highest BCUT2D eigenvalue weighted by atomic mass is 19.1. The van der Waals surface area contributed by atoms with Crippen LogP contribution in [0.15, 0.2) is 24.3 Å². The van der Waals surface area contributed by atoms with Crippen molar-refractivity contribution in [3.05, 3.63) is 35.6 Å². The lowest BCUT2D eigenvalue weighted by Gasteiger charge is -2.10. The fourth-order valence-electron chi connectivity index (χ4n) is 1.28. The number of aliphatic carboxylic acids is 1. The first-order valence-corrected chi connectivity index (χ1v) is 5.50. The van der Waals surface area contributed by atoms with Crippen LogP contribution < -0.4 is 10.6 Å². The second-order valence-corrected chi connectivity index (χ2v) is 3.84. The lowest BCUT2D eigenvalue weighted by atomic mass is 10.1. The summed E-state index contributed by atoms with van der Waals surface area (Å²) in [7, 11) is 0. The molecule has 1 rings (SSSR count). The van der Waals surface area contributed by atoms with Crippen molar-refractivity contribution in [2.24, 2.45) is 0 Å². The van der Waals surface area contributed by atoms with E-state index in [1.165, 1.54) is 19.1 Å². The van der Waals surface area contributed by atoms with Crippen molar-refractivity contribution < 1.29 is 19.1 Å². The van der Waals surface area contributed by atoms with E-state index >= 15 is 0 Å². The van der Waals surface area contributed by atoms with Gasteiger partial charge in [-0.05, 0) is 31.0 Å². The van der Waals surface area contributed by atoms with Gasteiger partial charge in [0.25, 0.3) is 0 Å². The van der Waals surface area contributed by atoms with E-state index < -0.39 is 18.0 Å². The number of benzene rings is 1. The highest BCUT2D eigenvalue weighted by Crippen LogP contribution is 2.02. The Bertz CT molecular complexity index is 420. The molecule has 1 aromatic rings. The molecule has 0 unspecified atom stereocenters. The molecule has 2 amide bonds. The number of rotatable bonds is 5. The van der Waals surface area contributed by atoms with Gasteiger partial charge in [0.2, 0.25) is 0 Å². The van der Waals surface area contributed by atoms with Crippen LogP contribution in [0.1, 0.15) is 12.5 Å². The third-order valence-electron chi connectivity index (χ3n) is 2.33. The number of halogens is 1. The largest absolute Gasteiger partial charge is 0.480 e. The molecule has 0 aliphatic heterocycles. The number of nitrogens with one attached hydrogen (secondary N) is 2. The average molecular weight is 254 g/mol. The Labute approximate surface area is 104 Å². The van der Waals surface area contributed by atoms with Gasteiger partial charge in [-0.3, -0.25) is 4.79 Å². The van der Waals surface area contributed by atoms with Crippen molar-refractivity contribution in [2.75, 3.05) is 6.54 Å². The van der Waals surface area contributed by atoms with E-state index in [-0.39, 0.29) is 5.82 Å². The van der Waals surface area contributed by atoms with E-state index in [1.807, 2.05) is 0 Å². The summed E-state index contributed by atoms with van der Waals surface area (Å²) >= 11 is 0. The number of carboxylic acids is 1. The van der Waals surface area contributed by atoms with Gasteiger partial charge in [-0.15, -0.1) is 0 Å². The molecule has 18 heavy (non-hydrogen) atoms. The predicted molar refractivity (Wildman–Crippen MR) is 63.7 cm³/mol. The van der Waals surface area contributed by atoms with Crippen molar-refractivity contribution in [1.82, 2.24) is 10.6 Å². The van der Waals surface area contributed by atoms with Gasteiger partial charge in [-0.1, -0.05) is 12.1 Å². The van der Waals surface area contributed by atoms with Crippen LogP contribution in [0.3, 0.4) is 0 Å². The minimum Gasteiger partial charge on any atom is -0.480 e. The maximum Gasteiger partial charge on any atom is 0.325 e. The minimum absolute atomic E-state index is 0.306. The number of carbonyl (C=O) groups is 2. The monoisotopic (exact) mass is 254 g/mol. The van der Waals surface area contributed by atoms with Gasteiger partial charge in [0, 0.05) is 6.54 Å². The van der Waals surface area contributed by atoms with Crippen LogP contribution in [-0.2, 0) is 11.2 Å². The zero-order valence-corrected chi connectivity index (χ0v) is 9.94. The highest BCUT2D eigenvalue weighted by molar-refractivity contribution is 5.82. The Hall–Kier alpha value is -2.11. The smallest absolute Gasteiger partial charge is 0.325 e. The Kier molecular flexibility index (Phi) is 5.10. The van der Waals surface area contributed by atoms with Crippen molar-refractivity contribution in [2.45, 2.75) is 19.4 Å². The summed E-state index contributed by atoms with van der Waals surface area (Å²) < 4.78 is 12.6. The molecule has 0 saturated carbocycles. The molecule has 3 N–H and O–H groups in total. The van der Waals surface area contributed by atoms with E-state index in [9.17, 15) is 14.0 Å². The Balaban J connectivity index is 2.27. The first-order valence-electron chi connectivity index (χ1n) is 5.50. The maximum absolute atomic E-state index is 12.6. The predicted octanol–water partition coefficient (Wildman–Crippen LogP) is 1.14. The summed E-state index contributed by atoms with van der Waals surface area (Å²) in [4.78, 5) is 21.7. The Morgan fingerprint density at radius 2 is 1.94 bits per heavy atom. The summed E-state index contributed by atoms with van der Waals surface area (Å²) in [6.07, 6.45) is 0.551. The summed E-state index contributed by atoms with van der Waals surface area (Å²) in [6.45, 7) is 1.73. The van der Waals surface area contributed by atoms with Gasteiger partial charge < -0.3 is 15.7 Å². The lowest BCUT2D eigenvalue weighted by molar-refractivity contribution is -0.138. The molecule has 0 spiro atoms. The molecular formula is C12H15FN2O3. The normalized spacial score (nSPS) is 11.7. The van der Waals surface area contributed by atoms with Crippen LogP contribution in [0.25, 0.3) is 0 Å². The number of urea groups is 1. The zero-order chi connectivity index (χ0) is 13.5. The molecule has 5 nitrogen and oxygen atoms in total. The number of hydrogen-bond acceptors (Lipinski definition) is 2. The van der Waals surface area contributed by atoms with E-state index in [1.54, 1.807) is 12.1 Å². The summed E-state index contributed by atoms with van der Waals surface area (Å²) in [5, 5.41) is 13.4. The van der Waals surface area contributed by atoms with Gasteiger partial charge in [0.05, 0.1) is 0 Å². The third kappa shape index (κ3) is 4.82. The van der Waals surface area contributed by atoms with Crippen LogP contribution in [0.4, 0.5) is 9.18 Å². The van der Waals surface area contributed by atoms with Crippen molar-refractivity contribution in [3.63, 3.8) is 0 Å². The van der Waals surface area contributed by atoms with Gasteiger partial charge in [-0.25, -0.2) is 9.18 Å². The molecule has 0 radical (unpaired) electrons. The van der Waals surface area contributed by atoms with Crippen molar-refractivity contribution >= 4 is 12.0 Å². The first-order chi connectivity index (χ1) is 8.49. The summed E-state index contributed by atoms with van der Waals surface area (Å²) in [6, 6.07) is 4.50. The third-order valence-corrected chi connectivity index (χ3v) is 2.33. The van der Waals surface area contributed by atoms with Crippen LogP contribution in [0.2, 0.25) is 0 Å². The summed E-state index contributed by atoms with van der Waals surface area (Å²) in [5.74, 6) is -1.40. The number of hydrogen-bond donors (Lipinski definition) is 3. The van der Waals surface area contributed by atoms with E-state index in [0.29, 0.717) is 13.0 Å². The van der Waals surface area contributed by atoms with Gasteiger partial charge >= 0.3 is 12.0 Å². The van der Waals surface area contributed by atoms with Gasteiger partial charge in [0.15, 0.2) is 0 Å². The van der Waals surface area contributed by atoms with Crippen molar-refractivity contribution in [3.8, 4) is 0 Å². The van der Waals surface area contributed by atoms with E-state index in [0.717, 1.165) is 5.56 Å². The molecule has 0 aromatic heterocycles. The molecule has 0 aliphatic carbocycles. The van der Waals surface area contributed by atoms with E-state index in [2.05, 4.69) is 10.6 Å². The molecule has 0 fully saturated rings. The van der Waals surface area contributed by atoms with Gasteiger partial charge in [0.1, 0.15) is 11.9 Å². The topological polar surface area (TPSA) is 78.4 Å². The first kappa shape index (κ1) is 14.0. The summed E-state index contributed by atoms with van der Waals surface area (Å²) in [5.41, 5.74) is 0.892. The Morgan fingerprint density at radius 3 is 2.50 bits per heavy atom. The number of amides is 2. The average Bonchev–Trinajstić information content (AvgIpc) is 2.31. The molecule has 0 bridgehead atoms. The SMILES string of the molecule is C[C@@H](NC(=O)NCCc1ccc(F)cc1)C(=O)O. The molecule has 98 valence electrons. The van der Waals surface area contributed by atoms with Crippen LogP contribution in [-0.4, -0.2) is 29.7 Å². The standard InChI is InChI=1S/C12H15FN2O3/c1-8(11(16)17)15-12(18)14-7-6-9-2-4-10(13)5-3-9/h2-5,8H,6-7H2,1H3,(H,16,17)(H2,14,15,18)/t8-/m1/s1. The molecule has 0 aliphatic rings. The molecular weight excluding hydrogens is 239 g/mol. The second kappa shape index (κ2) is 6.58. The fourth-order valence-corrected chi connectivity index (χ4v) is 1.28.